The van der Waals surface area contributed by atoms with Gasteiger partial charge in [0.15, 0.2) is 0 Å². The maximum atomic E-state index is 4.78. The summed E-state index contributed by atoms with van der Waals surface area (Å²) in [5.74, 6) is 1.16. The molecule has 3 rings (SSSR count). The van der Waals surface area contributed by atoms with Crippen molar-refractivity contribution in [2.45, 2.75) is 38.1 Å². The monoisotopic (exact) mass is 292 g/mol. The Morgan fingerprint density at radius 3 is 1.95 bits per heavy atom. The number of amidine groups is 1. The Morgan fingerprint density at radius 1 is 0.727 bits per heavy atom. The molecule has 2 aromatic carbocycles. The van der Waals surface area contributed by atoms with Crippen LogP contribution < -0.4 is 5.32 Å². The predicted molar refractivity (Wildman–Crippen MR) is 93.2 cm³/mol. The van der Waals surface area contributed by atoms with Gasteiger partial charge < -0.3 is 5.32 Å². The van der Waals surface area contributed by atoms with Gasteiger partial charge in [-0.05, 0) is 24.0 Å². The molecule has 2 aromatic rings. The van der Waals surface area contributed by atoms with Gasteiger partial charge in [-0.2, -0.15) is 0 Å². The van der Waals surface area contributed by atoms with Crippen molar-refractivity contribution >= 4 is 5.84 Å². The van der Waals surface area contributed by atoms with E-state index in [1.54, 1.807) is 0 Å². The standard InChI is InChI=1S/C20H24N2/c1-2-10-16-21-19(15-9-1)22-20(17-11-5-3-6-12-17)18-13-7-4-8-14-18/h3-8,11-14,20H,1-2,9-10,15-16H2,(H,21,22). The highest BCUT2D eigenvalue weighted by Crippen LogP contribution is 2.22. The van der Waals surface area contributed by atoms with E-state index in [0.717, 1.165) is 18.8 Å². The van der Waals surface area contributed by atoms with Crippen LogP contribution in [-0.2, 0) is 0 Å². The Kier molecular flexibility index (Phi) is 5.25. The average molecular weight is 292 g/mol. The van der Waals surface area contributed by atoms with Crippen molar-refractivity contribution < 1.29 is 0 Å². The van der Waals surface area contributed by atoms with Crippen LogP contribution >= 0.6 is 0 Å². The quantitative estimate of drug-likeness (QED) is 0.869. The minimum absolute atomic E-state index is 0.181. The molecule has 0 spiro atoms. The predicted octanol–water partition coefficient (Wildman–Crippen LogP) is 4.73. The first kappa shape index (κ1) is 14.8. The Bertz CT molecular complexity index is 550. The maximum absolute atomic E-state index is 4.78. The van der Waals surface area contributed by atoms with Crippen molar-refractivity contribution in [3.63, 3.8) is 0 Å². The number of rotatable bonds is 3. The van der Waals surface area contributed by atoms with Crippen LogP contribution in [0.4, 0.5) is 0 Å². The van der Waals surface area contributed by atoms with Crippen molar-refractivity contribution in [2.24, 2.45) is 4.99 Å². The van der Waals surface area contributed by atoms with Gasteiger partial charge in [-0.3, -0.25) is 4.99 Å². The molecule has 1 N–H and O–H groups in total. The minimum atomic E-state index is 0.181. The second-order valence-electron chi connectivity index (χ2n) is 5.89. The van der Waals surface area contributed by atoms with Crippen molar-refractivity contribution in [1.29, 1.82) is 0 Å². The molecule has 0 bridgehead atoms. The highest BCUT2D eigenvalue weighted by Gasteiger charge is 2.15. The molecule has 0 radical (unpaired) electrons. The fourth-order valence-electron chi connectivity index (χ4n) is 2.99. The first-order chi connectivity index (χ1) is 10.9. The number of nitrogens with one attached hydrogen (secondary N) is 1. The van der Waals surface area contributed by atoms with E-state index in [0.29, 0.717) is 0 Å². The molecule has 0 atom stereocenters. The largest absolute Gasteiger partial charge is 0.363 e. The van der Waals surface area contributed by atoms with Gasteiger partial charge >= 0.3 is 0 Å². The van der Waals surface area contributed by atoms with Crippen LogP contribution in [-0.4, -0.2) is 12.4 Å². The van der Waals surface area contributed by atoms with Crippen molar-refractivity contribution in [3.8, 4) is 0 Å². The Hall–Kier alpha value is -2.09. The number of aliphatic imine (C=N–C) groups is 1. The molecule has 114 valence electrons. The molecule has 1 aliphatic rings. The van der Waals surface area contributed by atoms with Crippen LogP contribution in [0, 0.1) is 0 Å². The summed E-state index contributed by atoms with van der Waals surface area (Å²) in [5.41, 5.74) is 2.58. The molecule has 0 unspecified atom stereocenters. The van der Waals surface area contributed by atoms with E-state index in [2.05, 4.69) is 66.0 Å². The molecular weight excluding hydrogens is 268 g/mol. The number of hydrogen-bond acceptors (Lipinski definition) is 2. The average Bonchev–Trinajstić information content (AvgIpc) is 2.56. The molecule has 2 nitrogen and oxygen atoms in total. The summed E-state index contributed by atoms with van der Waals surface area (Å²) in [4.78, 5) is 4.78. The number of benzene rings is 2. The first-order valence-electron chi connectivity index (χ1n) is 8.33. The number of hydrogen-bond donors (Lipinski definition) is 1. The summed E-state index contributed by atoms with van der Waals surface area (Å²) in [6, 6.07) is 21.5. The Balaban J connectivity index is 1.85. The highest BCUT2D eigenvalue weighted by atomic mass is 15.0. The van der Waals surface area contributed by atoms with Crippen molar-refractivity contribution in [1.82, 2.24) is 5.32 Å². The summed E-state index contributed by atoms with van der Waals surface area (Å²) >= 11 is 0. The lowest BCUT2D eigenvalue weighted by molar-refractivity contribution is 0.625. The van der Waals surface area contributed by atoms with Crippen molar-refractivity contribution in [3.05, 3.63) is 71.8 Å². The van der Waals surface area contributed by atoms with Gasteiger partial charge in [-0.15, -0.1) is 0 Å². The zero-order chi connectivity index (χ0) is 15.0. The van der Waals surface area contributed by atoms with Crippen LogP contribution in [0.3, 0.4) is 0 Å². The smallest absolute Gasteiger partial charge is 0.0970 e. The molecule has 0 aliphatic carbocycles. The van der Waals surface area contributed by atoms with Gasteiger partial charge in [0, 0.05) is 13.0 Å². The van der Waals surface area contributed by atoms with Crippen LogP contribution in [0.2, 0.25) is 0 Å². The second kappa shape index (κ2) is 7.79. The fraction of sp³-hybridized carbons (Fsp3) is 0.350. The summed E-state index contributed by atoms with van der Waals surface area (Å²) in [6.45, 7) is 0.957. The Labute approximate surface area is 133 Å². The van der Waals surface area contributed by atoms with Crippen molar-refractivity contribution in [2.75, 3.05) is 6.54 Å². The van der Waals surface area contributed by atoms with E-state index >= 15 is 0 Å². The van der Waals surface area contributed by atoms with E-state index in [1.807, 2.05) is 0 Å². The van der Waals surface area contributed by atoms with Crippen LogP contribution in [0.15, 0.2) is 65.7 Å². The summed E-state index contributed by atoms with van der Waals surface area (Å²) in [5, 5.41) is 3.71. The van der Waals surface area contributed by atoms with E-state index in [-0.39, 0.29) is 6.04 Å². The zero-order valence-electron chi connectivity index (χ0n) is 13.0. The van der Waals surface area contributed by atoms with E-state index < -0.39 is 0 Å². The third-order valence-corrected chi connectivity index (χ3v) is 4.20. The van der Waals surface area contributed by atoms with Crippen LogP contribution in [0.5, 0.6) is 0 Å². The molecule has 22 heavy (non-hydrogen) atoms. The summed E-state index contributed by atoms with van der Waals surface area (Å²) in [7, 11) is 0. The topological polar surface area (TPSA) is 24.4 Å². The molecule has 1 aliphatic heterocycles. The van der Waals surface area contributed by atoms with Crippen LogP contribution in [0.25, 0.3) is 0 Å². The van der Waals surface area contributed by atoms with Gasteiger partial charge in [-0.25, -0.2) is 0 Å². The Morgan fingerprint density at radius 2 is 1.32 bits per heavy atom. The maximum Gasteiger partial charge on any atom is 0.0970 e. The SMILES string of the molecule is c1ccc(C(NC2=NCCCCCC2)c2ccccc2)cc1. The number of nitrogens with zero attached hydrogens (tertiary/aromatic N) is 1. The highest BCUT2D eigenvalue weighted by molar-refractivity contribution is 5.83. The fourth-order valence-corrected chi connectivity index (χ4v) is 2.99. The van der Waals surface area contributed by atoms with E-state index in [4.69, 9.17) is 4.99 Å². The summed E-state index contributed by atoms with van der Waals surface area (Å²) < 4.78 is 0. The van der Waals surface area contributed by atoms with E-state index in [9.17, 15) is 0 Å². The summed E-state index contributed by atoms with van der Waals surface area (Å²) in [6.07, 6.45) is 6.16. The molecule has 1 heterocycles. The lowest BCUT2D eigenvalue weighted by Gasteiger charge is -2.23. The van der Waals surface area contributed by atoms with Crippen LogP contribution in [0.1, 0.15) is 49.3 Å². The van der Waals surface area contributed by atoms with Gasteiger partial charge in [0.2, 0.25) is 0 Å². The molecule has 0 saturated heterocycles. The molecule has 0 fully saturated rings. The lowest BCUT2D eigenvalue weighted by atomic mass is 9.98. The van der Waals surface area contributed by atoms with Gasteiger partial charge in [-0.1, -0.05) is 73.5 Å². The normalized spacial score (nSPS) is 15.8. The second-order valence-corrected chi connectivity index (χ2v) is 5.89. The molecule has 0 amide bonds. The lowest BCUT2D eigenvalue weighted by Crippen LogP contribution is -2.30. The first-order valence-corrected chi connectivity index (χ1v) is 8.33. The van der Waals surface area contributed by atoms with Gasteiger partial charge in [0.25, 0.3) is 0 Å². The van der Waals surface area contributed by atoms with E-state index in [1.165, 1.54) is 36.8 Å². The molecular formula is C20H24N2. The molecule has 0 saturated carbocycles. The third-order valence-electron chi connectivity index (χ3n) is 4.20. The zero-order valence-corrected chi connectivity index (χ0v) is 13.0. The third kappa shape index (κ3) is 3.97. The molecule has 0 aromatic heterocycles. The van der Waals surface area contributed by atoms with Gasteiger partial charge in [0.05, 0.1) is 11.9 Å². The minimum Gasteiger partial charge on any atom is -0.363 e. The molecule has 2 heteroatoms. The van der Waals surface area contributed by atoms with Gasteiger partial charge in [0.1, 0.15) is 0 Å².